The van der Waals surface area contributed by atoms with Gasteiger partial charge in [0.15, 0.2) is 0 Å². The van der Waals surface area contributed by atoms with E-state index in [0.29, 0.717) is 6.04 Å². The lowest BCUT2D eigenvalue weighted by Gasteiger charge is -2.35. The second kappa shape index (κ2) is 8.34. The number of nitrogens with zero attached hydrogens (tertiary/aromatic N) is 1. The van der Waals surface area contributed by atoms with Crippen molar-refractivity contribution in [1.29, 1.82) is 0 Å². The Bertz CT molecular complexity index is 338. The molecule has 2 rings (SSSR count). The summed E-state index contributed by atoms with van der Waals surface area (Å²) in [5.74, 6) is 0. The first-order valence-electron chi connectivity index (χ1n) is 7.76. The number of hydrogen-bond donors (Lipinski definition) is 0. The molecule has 1 atom stereocenters. The van der Waals surface area contributed by atoms with Crippen LogP contribution in [0, 0.1) is 0 Å². The zero-order chi connectivity index (χ0) is 13.3. The van der Waals surface area contributed by atoms with Crippen molar-refractivity contribution >= 4 is 0 Å². The van der Waals surface area contributed by atoms with Crippen LogP contribution >= 0.6 is 0 Å². The molecule has 0 bridgehead atoms. The maximum absolute atomic E-state index is 5.67. The minimum Gasteiger partial charge on any atom is -0.378 e. The van der Waals surface area contributed by atoms with Gasteiger partial charge in [-0.25, -0.2) is 0 Å². The van der Waals surface area contributed by atoms with E-state index in [2.05, 4.69) is 42.2 Å². The molecule has 0 N–H and O–H groups in total. The van der Waals surface area contributed by atoms with E-state index in [1.807, 2.05) is 0 Å². The topological polar surface area (TPSA) is 12.5 Å². The Balaban J connectivity index is 1.82. The zero-order valence-electron chi connectivity index (χ0n) is 12.2. The molecule has 0 saturated carbocycles. The van der Waals surface area contributed by atoms with Gasteiger partial charge in [0.1, 0.15) is 0 Å². The molecule has 0 aliphatic carbocycles. The number of morpholine rings is 1. The third kappa shape index (κ3) is 4.96. The highest BCUT2D eigenvalue weighted by atomic mass is 16.5. The minimum absolute atomic E-state index is 0.567. The Morgan fingerprint density at radius 1 is 1.16 bits per heavy atom. The van der Waals surface area contributed by atoms with E-state index in [1.54, 1.807) is 0 Å². The molecule has 106 valence electrons. The number of ether oxygens (including phenoxy) is 1. The first kappa shape index (κ1) is 14.5. The fourth-order valence-electron chi connectivity index (χ4n) is 2.80. The van der Waals surface area contributed by atoms with Gasteiger partial charge in [0.25, 0.3) is 0 Å². The van der Waals surface area contributed by atoms with E-state index < -0.39 is 0 Å². The fourth-order valence-corrected chi connectivity index (χ4v) is 2.80. The van der Waals surface area contributed by atoms with Crippen LogP contribution in [0.4, 0.5) is 0 Å². The van der Waals surface area contributed by atoms with Crippen LogP contribution in [0.5, 0.6) is 0 Å². The predicted octanol–water partition coefficient (Wildman–Crippen LogP) is 3.51. The van der Waals surface area contributed by atoms with E-state index in [-0.39, 0.29) is 0 Å². The third-order valence-electron chi connectivity index (χ3n) is 3.96. The molecule has 0 radical (unpaired) electrons. The molecular weight excluding hydrogens is 234 g/mol. The maximum atomic E-state index is 5.67. The molecule has 0 spiro atoms. The summed E-state index contributed by atoms with van der Waals surface area (Å²) in [5, 5.41) is 0. The van der Waals surface area contributed by atoms with Gasteiger partial charge < -0.3 is 4.74 Å². The van der Waals surface area contributed by atoms with Crippen LogP contribution in [0.15, 0.2) is 30.3 Å². The van der Waals surface area contributed by atoms with Crippen molar-refractivity contribution in [2.75, 3.05) is 26.3 Å². The Hall–Kier alpha value is -0.860. The second-order valence-electron chi connectivity index (χ2n) is 5.52. The highest BCUT2D eigenvalue weighted by Crippen LogP contribution is 2.14. The van der Waals surface area contributed by atoms with E-state index in [9.17, 15) is 0 Å². The standard InChI is InChI=1S/C17H27NO/c1-2-3-4-8-11-18-12-13-19-15-17(18)14-16-9-6-5-7-10-16/h5-7,9-10,17H,2-4,8,11-15H2,1H3/t17-/m0/s1. The molecule has 1 saturated heterocycles. The smallest absolute Gasteiger partial charge is 0.0625 e. The van der Waals surface area contributed by atoms with Crippen LogP contribution in [0.25, 0.3) is 0 Å². The van der Waals surface area contributed by atoms with Gasteiger partial charge in [0.05, 0.1) is 13.2 Å². The molecule has 19 heavy (non-hydrogen) atoms. The van der Waals surface area contributed by atoms with Crippen LogP contribution in [-0.2, 0) is 11.2 Å². The van der Waals surface area contributed by atoms with Crippen molar-refractivity contribution in [3.63, 3.8) is 0 Å². The summed E-state index contributed by atoms with van der Waals surface area (Å²) in [6.45, 7) is 6.40. The van der Waals surface area contributed by atoms with Gasteiger partial charge in [-0.2, -0.15) is 0 Å². The van der Waals surface area contributed by atoms with Crippen molar-refractivity contribution < 1.29 is 4.74 Å². The minimum atomic E-state index is 0.567. The van der Waals surface area contributed by atoms with Gasteiger partial charge in [-0.3, -0.25) is 4.90 Å². The average molecular weight is 261 g/mol. The SMILES string of the molecule is CCCCCCN1CCOC[C@@H]1Cc1ccccc1. The van der Waals surface area contributed by atoms with Crippen LogP contribution in [-0.4, -0.2) is 37.2 Å². The Morgan fingerprint density at radius 3 is 2.79 bits per heavy atom. The lowest BCUT2D eigenvalue weighted by Crippen LogP contribution is -2.46. The van der Waals surface area contributed by atoms with E-state index >= 15 is 0 Å². The largest absolute Gasteiger partial charge is 0.378 e. The Labute approximate surface area is 117 Å². The molecule has 2 heteroatoms. The van der Waals surface area contributed by atoms with E-state index in [4.69, 9.17) is 4.74 Å². The first-order valence-corrected chi connectivity index (χ1v) is 7.76. The van der Waals surface area contributed by atoms with E-state index in [0.717, 1.165) is 26.2 Å². The maximum Gasteiger partial charge on any atom is 0.0625 e. The van der Waals surface area contributed by atoms with Crippen LogP contribution in [0.1, 0.15) is 38.2 Å². The lowest BCUT2D eigenvalue weighted by atomic mass is 10.0. The Morgan fingerprint density at radius 2 is 2.00 bits per heavy atom. The molecule has 0 aromatic heterocycles. The van der Waals surface area contributed by atoms with Crippen molar-refractivity contribution in [3.8, 4) is 0 Å². The molecule has 2 nitrogen and oxygen atoms in total. The summed E-state index contributed by atoms with van der Waals surface area (Å²) >= 11 is 0. The predicted molar refractivity (Wildman–Crippen MR) is 80.5 cm³/mol. The number of unbranched alkanes of at least 4 members (excludes halogenated alkanes) is 3. The molecule has 1 aliphatic rings. The van der Waals surface area contributed by atoms with Crippen molar-refractivity contribution in [2.24, 2.45) is 0 Å². The quantitative estimate of drug-likeness (QED) is 0.696. The normalized spacial score (nSPS) is 20.6. The third-order valence-corrected chi connectivity index (χ3v) is 3.96. The highest BCUT2D eigenvalue weighted by Gasteiger charge is 2.22. The molecule has 0 amide bonds. The Kier molecular flexibility index (Phi) is 6.38. The summed E-state index contributed by atoms with van der Waals surface area (Å²) in [5.41, 5.74) is 1.43. The number of rotatable bonds is 7. The van der Waals surface area contributed by atoms with Gasteiger partial charge in [-0.15, -0.1) is 0 Å². The van der Waals surface area contributed by atoms with E-state index in [1.165, 1.54) is 37.8 Å². The summed E-state index contributed by atoms with van der Waals surface area (Å²) in [6.07, 6.45) is 6.50. The van der Waals surface area contributed by atoms with Crippen LogP contribution in [0.2, 0.25) is 0 Å². The van der Waals surface area contributed by atoms with Gasteiger partial charge in [-0.05, 0) is 24.9 Å². The molecule has 1 aromatic rings. The molecule has 1 heterocycles. The van der Waals surface area contributed by atoms with Gasteiger partial charge in [-0.1, -0.05) is 56.5 Å². The monoisotopic (exact) mass is 261 g/mol. The van der Waals surface area contributed by atoms with Crippen LogP contribution < -0.4 is 0 Å². The average Bonchev–Trinajstić information content (AvgIpc) is 2.46. The molecular formula is C17H27NO. The molecule has 0 unspecified atom stereocenters. The first-order chi connectivity index (χ1) is 9.40. The van der Waals surface area contributed by atoms with Crippen LogP contribution in [0.3, 0.4) is 0 Å². The van der Waals surface area contributed by atoms with Gasteiger partial charge >= 0.3 is 0 Å². The number of hydrogen-bond acceptors (Lipinski definition) is 2. The fraction of sp³-hybridized carbons (Fsp3) is 0.647. The second-order valence-corrected chi connectivity index (χ2v) is 5.52. The van der Waals surface area contributed by atoms with Gasteiger partial charge in [0, 0.05) is 12.6 Å². The highest BCUT2D eigenvalue weighted by molar-refractivity contribution is 5.16. The molecule has 1 aliphatic heterocycles. The van der Waals surface area contributed by atoms with Gasteiger partial charge in [0.2, 0.25) is 0 Å². The zero-order valence-corrected chi connectivity index (χ0v) is 12.2. The number of benzene rings is 1. The summed E-state index contributed by atoms with van der Waals surface area (Å²) in [6, 6.07) is 11.4. The lowest BCUT2D eigenvalue weighted by molar-refractivity contribution is -0.00771. The summed E-state index contributed by atoms with van der Waals surface area (Å²) in [4.78, 5) is 2.63. The molecule has 1 fully saturated rings. The summed E-state index contributed by atoms with van der Waals surface area (Å²) in [7, 11) is 0. The molecule has 1 aromatic carbocycles. The summed E-state index contributed by atoms with van der Waals surface area (Å²) < 4.78 is 5.67. The van der Waals surface area contributed by atoms with Crippen molar-refractivity contribution in [3.05, 3.63) is 35.9 Å². The van der Waals surface area contributed by atoms with Crippen molar-refractivity contribution in [2.45, 2.75) is 45.1 Å². The van der Waals surface area contributed by atoms with Crippen molar-refractivity contribution in [1.82, 2.24) is 4.90 Å².